The Morgan fingerprint density at radius 3 is 2.68 bits per heavy atom. The van der Waals surface area contributed by atoms with Crippen molar-refractivity contribution < 1.29 is 9.59 Å². The number of carbonyl (C=O) groups is 2. The van der Waals surface area contributed by atoms with Gasteiger partial charge in [0.15, 0.2) is 0 Å². The molecular weight excluding hydrogens is 280 g/mol. The lowest BCUT2D eigenvalue weighted by Gasteiger charge is -2.22. The van der Waals surface area contributed by atoms with E-state index < -0.39 is 11.8 Å². The Hall–Kier alpha value is -2.73. The van der Waals surface area contributed by atoms with Crippen LogP contribution in [-0.4, -0.2) is 23.3 Å². The Labute approximate surface area is 127 Å². The van der Waals surface area contributed by atoms with E-state index >= 15 is 0 Å². The molecule has 1 fully saturated rings. The molecule has 2 heterocycles. The van der Waals surface area contributed by atoms with Crippen molar-refractivity contribution in [3.05, 3.63) is 60.4 Å². The SMILES string of the molecule is NN(C(=O)C1C(=O)NCC1c1cccnc1)c1ccccc1. The number of aromatic nitrogens is 1. The van der Waals surface area contributed by atoms with Gasteiger partial charge in [-0.2, -0.15) is 0 Å². The van der Waals surface area contributed by atoms with Crippen LogP contribution in [0.4, 0.5) is 5.69 Å². The van der Waals surface area contributed by atoms with Crippen molar-refractivity contribution in [1.82, 2.24) is 10.3 Å². The van der Waals surface area contributed by atoms with Crippen LogP contribution in [0.1, 0.15) is 11.5 Å². The summed E-state index contributed by atoms with van der Waals surface area (Å²) in [5.74, 6) is 4.09. The van der Waals surface area contributed by atoms with E-state index in [-0.39, 0.29) is 11.8 Å². The van der Waals surface area contributed by atoms with Crippen LogP contribution in [-0.2, 0) is 9.59 Å². The van der Waals surface area contributed by atoms with Gasteiger partial charge in [0.05, 0.1) is 5.69 Å². The van der Waals surface area contributed by atoms with Crippen molar-refractivity contribution in [1.29, 1.82) is 0 Å². The zero-order valence-corrected chi connectivity index (χ0v) is 11.8. The Balaban J connectivity index is 1.88. The van der Waals surface area contributed by atoms with Crippen LogP contribution in [0.25, 0.3) is 0 Å². The third-order valence-corrected chi connectivity index (χ3v) is 3.83. The number of para-hydroxylation sites is 1. The quantitative estimate of drug-likeness (QED) is 0.380. The molecule has 6 nitrogen and oxygen atoms in total. The number of nitrogens with zero attached hydrogens (tertiary/aromatic N) is 2. The standard InChI is InChI=1S/C16H16N4O2/c17-20(12-6-2-1-3-7-12)16(22)14-13(10-19-15(14)21)11-5-4-8-18-9-11/h1-9,13-14H,10,17H2,(H,19,21). The molecule has 2 amide bonds. The van der Waals surface area contributed by atoms with Gasteiger partial charge in [-0.25, -0.2) is 10.9 Å². The predicted molar refractivity (Wildman–Crippen MR) is 81.6 cm³/mol. The van der Waals surface area contributed by atoms with E-state index in [2.05, 4.69) is 10.3 Å². The number of rotatable bonds is 3. The first-order chi connectivity index (χ1) is 10.7. The Morgan fingerprint density at radius 2 is 2.00 bits per heavy atom. The third-order valence-electron chi connectivity index (χ3n) is 3.83. The Kier molecular flexibility index (Phi) is 3.84. The van der Waals surface area contributed by atoms with Gasteiger partial charge in [0.1, 0.15) is 5.92 Å². The average molecular weight is 296 g/mol. The highest BCUT2D eigenvalue weighted by Crippen LogP contribution is 2.30. The van der Waals surface area contributed by atoms with Crippen molar-refractivity contribution in [2.75, 3.05) is 11.6 Å². The number of nitrogens with one attached hydrogen (secondary N) is 1. The van der Waals surface area contributed by atoms with Gasteiger partial charge in [0.25, 0.3) is 5.91 Å². The summed E-state index contributed by atoms with van der Waals surface area (Å²) in [6.07, 6.45) is 3.33. The smallest absolute Gasteiger partial charge is 0.254 e. The molecule has 3 N–H and O–H groups in total. The van der Waals surface area contributed by atoms with Gasteiger partial charge in [0, 0.05) is 24.9 Å². The molecule has 1 aliphatic heterocycles. The van der Waals surface area contributed by atoms with E-state index in [4.69, 9.17) is 5.84 Å². The van der Waals surface area contributed by atoms with E-state index in [1.54, 1.807) is 42.7 Å². The lowest BCUT2D eigenvalue weighted by molar-refractivity contribution is -0.131. The van der Waals surface area contributed by atoms with Crippen LogP contribution >= 0.6 is 0 Å². The highest BCUT2D eigenvalue weighted by molar-refractivity contribution is 6.09. The van der Waals surface area contributed by atoms with Crippen molar-refractivity contribution in [2.24, 2.45) is 11.8 Å². The molecule has 1 aliphatic rings. The molecule has 2 aromatic rings. The Morgan fingerprint density at radius 1 is 1.23 bits per heavy atom. The van der Waals surface area contributed by atoms with Crippen LogP contribution < -0.4 is 16.2 Å². The fourth-order valence-corrected chi connectivity index (χ4v) is 2.68. The summed E-state index contributed by atoms with van der Waals surface area (Å²) >= 11 is 0. The molecule has 2 unspecified atom stereocenters. The summed E-state index contributed by atoms with van der Waals surface area (Å²) in [6.45, 7) is 0.406. The van der Waals surface area contributed by atoms with Crippen LogP contribution in [0, 0.1) is 5.92 Å². The lowest BCUT2D eigenvalue weighted by atomic mass is 9.88. The minimum absolute atomic E-state index is 0.261. The maximum Gasteiger partial charge on any atom is 0.254 e. The first kappa shape index (κ1) is 14.2. The van der Waals surface area contributed by atoms with E-state index in [0.717, 1.165) is 10.6 Å². The number of hydrogen-bond acceptors (Lipinski definition) is 4. The monoisotopic (exact) mass is 296 g/mol. The van der Waals surface area contributed by atoms with Crippen molar-refractivity contribution in [2.45, 2.75) is 5.92 Å². The minimum atomic E-state index is -0.839. The normalized spacial score (nSPS) is 20.5. The van der Waals surface area contributed by atoms with Gasteiger partial charge in [-0.3, -0.25) is 14.6 Å². The van der Waals surface area contributed by atoms with Gasteiger partial charge in [-0.15, -0.1) is 0 Å². The number of anilines is 1. The molecule has 0 aliphatic carbocycles. The van der Waals surface area contributed by atoms with Gasteiger partial charge in [0.2, 0.25) is 5.91 Å². The van der Waals surface area contributed by atoms with Crippen LogP contribution in [0.2, 0.25) is 0 Å². The first-order valence-corrected chi connectivity index (χ1v) is 7.00. The zero-order chi connectivity index (χ0) is 15.5. The molecule has 1 aromatic carbocycles. The number of nitrogens with two attached hydrogens (primary N) is 1. The summed E-state index contributed by atoms with van der Waals surface area (Å²) < 4.78 is 0. The van der Waals surface area contributed by atoms with Crippen molar-refractivity contribution in [3.63, 3.8) is 0 Å². The molecule has 2 atom stereocenters. The molecule has 1 saturated heterocycles. The van der Waals surface area contributed by atoms with Crippen molar-refractivity contribution >= 4 is 17.5 Å². The topological polar surface area (TPSA) is 88.3 Å². The fourth-order valence-electron chi connectivity index (χ4n) is 2.68. The zero-order valence-electron chi connectivity index (χ0n) is 11.8. The van der Waals surface area contributed by atoms with Crippen LogP contribution in [0.5, 0.6) is 0 Å². The fraction of sp³-hybridized carbons (Fsp3) is 0.188. The van der Waals surface area contributed by atoms with Gasteiger partial charge >= 0.3 is 0 Å². The average Bonchev–Trinajstić information content (AvgIpc) is 2.96. The second-order valence-electron chi connectivity index (χ2n) is 5.16. The second kappa shape index (κ2) is 5.95. The molecule has 1 aromatic heterocycles. The number of pyridine rings is 1. The maximum absolute atomic E-state index is 12.7. The number of hydrazine groups is 1. The molecule has 112 valence electrons. The summed E-state index contributed by atoms with van der Waals surface area (Å²) in [7, 11) is 0. The van der Waals surface area contributed by atoms with E-state index in [1.807, 2.05) is 12.1 Å². The highest BCUT2D eigenvalue weighted by atomic mass is 16.2. The molecular formula is C16H16N4O2. The predicted octanol–water partition coefficient (Wildman–Crippen LogP) is 0.818. The Bertz CT molecular complexity index is 675. The maximum atomic E-state index is 12.7. The number of amides is 2. The van der Waals surface area contributed by atoms with E-state index in [0.29, 0.717) is 12.2 Å². The molecule has 22 heavy (non-hydrogen) atoms. The van der Waals surface area contributed by atoms with Gasteiger partial charge in [-0.1, -0.05) is 24.3 Å². The summed E-state index contributed by atoms with van der Waals surface area (Å²) in [4.78, 5) is 28.8. The number of hydrogen-bond donors (Lipinski definition) is 2. The van der Waals surface area contributed by atoms with Crippen LogP contribution in [0.3, 0.4) is 0 Å². The first-order valence-electron chi connectivity index (χ1n) is 7.00. The van der Waals surface area contributed by atoms with E-state index in [9.17, 15) is 9.59 Å². The summed E-state index contributed by atoms with van der Waals surface area (Å²) in [6, 6.07) is 12.5. The van der Waals surface area contributed by atoms with Crippen molar-refractivity contribution in [3.8, 4) is 0 Å². The van der Waals surface area contributed by atoms with Gasteiger partial charge in [-0.05, 0) is 23.8 Å². The number of carbonyl (C=O) groups excluding carboxylic acids is 2. The van der Waals surface area contributed by atoms with Crippen LogP contribution in [0.15, 0.2) is 54.9 Å². The van der Waals surface area contributed by atoms with Gasteiger partial charge < -0.3 is 5.32 Å². The van der Waals surface area contributed by atoms with E-state index in [1.165, 1.54) is 0 Å². The summed E-state index contributed by atoms with van der Waals surface area (Å²) in [5.41, 5.74) is 1.40. The highest BCUT2D eigenvalue weighted by Gasteiger charge is 2.42. The lowest BCUT2D eigenvalue weighted by Crippen LogP contribution is -2.45. The number of benzene rings is 1. The second-order valence-corrected chi connectivity index (χ2v) is 5.16. The molecule has 0 radical (unpaired) electrons. The molecule has 0 bridgehead atoms. The molecule has 0 saturated carbocycles. The summed E-state index contributed by atoms with van der Waals surface area (Å²) in [5, 5.41) is 3.78. The molecule has 0 spiro atoms. The molecule has 6 heteroatoms. The molecule has 3 rings (SSSR count). The minimum Gasteiger partial charge on any atom is -0.355 e. The third kappa shape index (κ3) is 2.56. The largest absolute Gasteiger partial charge is 0.355 e.